The van der Waals surface area contributed by atoms with E-state index in [4.69, 9.17) is 0 Å². The van der Waals surface area contributed by atoms with Crippen LogP contribution in [0.5, 0.6) is 0 Å². The summed E-state index contributed by atoms with van der Waals surface area (Å²) in [6.07, 6.45) is 0. The molecule has 79 valence electrons. The molecule has 0 unspecified atom stereocenters. The van der Waals surface area contributed by atoms with Crippen molar-refractivity contribution in [3.05, 3.63) is 29.6 Å². The van der Waals surface area contributed by atoms with Crippen molar-refractivity contribution in [2.75, 3.05) is 0 Å². The standard InChI is InChI=1S/C7H5NO4.Cu.H2O/c9-6(10)4-2-1-3-5(8-4)7(11)12;;/h1-3H,(H,9,10)(H,11,12);;1H2/q;+2;/p-1. The monoisotopic (exact) mass is 247 g/mol. The average Bonchev–Trinajstić information content (AvgIpc) is 2.04. The van der Waals surface area contributed by atoms with Crippen molar-refractivity contribution in [3.63, 3.8) is 0 Å². The largest absolute Gasteiger partial charge is 2.00 e. The summed E-state index contributed by atoms with van der Waals surface area (Å²) in [5.41, 5.74) is -0.839. The molecule has 0 saturated heterocycles. The van der Waals surface area contributed by atoms with Gasteiger partial charge in [0.2, 0.25) is 0 Å². The van der Waals surface area contributed by atoms with Crippen LogP contribution in [-0.2, 0) is 22.5 Å². The Kier molecular flexibility index (Phi) is 6.55. The SMILES string of the molecule is O=C([O-])c1cccc(C(=O)[O-])n1.[Cu+2].[OH3+]. The van der Waals surface area contributed by atoms with Gasteiger partial charge in [0.25, 0.3) is 0 Å². The molecule has 1 aromatic heterocycles. The van der Waals surface area contributed by atoms with E-state index in [1.54, 1.807) is 0 Å². The van der Waals surface area contributed by atoms with Crippen LogP contribution in [0.2, 0.25) is 0 Å². The van der Waals surface area contributed by atoms with Gasteiger partial charge >= 0.3 is 17.1 Å². The molecule has 0 atom stereocenters. The normalized spacial score (nSPS) is 8.00. The maximum absolute atomic E-state index is 10.2. The Labute approximate surface area is 89.4 Å². The molecule has 1 aromatic rings. The Hall–Kier alpha value is -1.43. The average molecular weight is 248 g/mol. The molecule has 0 saturated carbocycles. The second kappa shape index (κ2) is 6.09. The summed E-state index contributed by atoms with van der Waals surface area (Å²) in [7, 11) is 0. The first-order valence-electron chi connectivity index (χ1n) is 3.01. The van der Waals surface area contributed by atoms with Crippen LogP contribution in [-0.4, -0.2) is 16.9 Å². The zero-order valence-corrected chi connectivity index (χ0v) is 7.63. The second-order valence-electron chi connectivity index (χ2n) is 1.98. The number of carbonyl (C=O) groups is 2. The van der Waals surface area contributed by atoms with Gasteiger partial charge in [-0.15, -0.1) is 0 Å². The van der Waals surface area contributed by atoms with Gasteiger partial charge in [-0.25, -0.2) is 4.98 Å². The van der Waals surface area contributed by atoms with Crippen LogP contribution in [0.3, 0.4) is 0 Å². The minimum absolute atomic E-state index is 0. The molecule has 3 N–H and O–H groups in total. The molecule has 0 fully saturated rings. The second-order valence-corrected chi connectivity index (χ2v) is 1.98. The van der Waals surface area contributed by atoms with Crippen molar-refractivity contribution in [2.24, 2.45) is 0 Å². The number of aromatic carboxylic acids is 2. The van der Waals surface area contributed by atoms with E-state index in [1.165, 1.54) is 6.07 Å². The first kappa shape index (κ1) is 15.1. The van der Waals surface area contributed by atoms with E-state index in [-0.39, 0.29) is 22.5 Å². The van der Waals surface area contributed by atoms with Crippen LogP contribution in [0.15, 0.2) is 18.2 Å². The Morgan fingerprint density at radius 1 is 1.07 bits per heavy atom. The number of aromatic nitrogens is 1. The summed E-state index contributed by atoms with van der Waals surface area (Å²) in [6, 6.07) is 3.53. The third-order valence-electron chi connectivity index (χ3n) is 1.17. The van der Waals surface area contributed by atoms with E-state index >= 15 is 0 Å². The third kappa shape index (κ3) is 3.53. The van der Waals surface area contributed by atoms with Crippen LogP contribution in [0.1, 0.15) is 21.0 Å². The summed E-state index contributed by atoms with van der Waals surface area (Å²) < 4.78 is 0. The smallest absolute Gasteiger partial charge is 0.543 e. The van der Waals surface area contributed by atoms with Crippen LogP contribution in [0, 0.1) is 0 Å². The van der Waals surface area contributed by atoms with Gasteiger partial charge in [-0.05, 0) is 12.1 Å². The van der Waals surface area contributed by atoms with Crippen molar-refractivity contribution in [2.45, 2.75) is 0 Å². The maximum atomic E-state index is 10.2. The molecule has 1 rings (SSSR count). The minimum Gasteiger partial charge on any atom is -0.543 e. The number of rotatable bonds is 2. The predicted octanol–water partition coefficient (Wildman–Crippen LogP) is -3.12. The maximum Gasteiger partial charge on any atom is 2.00 e. The van der Waals surface area contributed by atoms with E-state index < -0.39 is 23.3 Å². The van der Waals surface area contributed by atoms with Crippen molar-refractivity contribution in [3.8, 4) is 0 Å². The fourth-order valence-electron chi connectivity index (χ4n) is 0.662. The molecule has 1 heterocycles. The number of hydrogen-bond acceptors (Lipinski definition) is 5. The molecule has 1 radical (unpaired) electrons. The fourth-order valence-corrected chi connectivity index (χ4v) is 0.662. The van der Waals surface area contributed by atoms with Gasteiger partial charge in [-0.2, -0.15) is 0 Å². The van der Waals surface area contributed by atoms with Crippen molar-refractivity contribution >= 4 is 11.9 Å². The molecule has 0 spiro atoms. The molecular formula is C7H6CuNO5+. The van der Waals surface area contributed by atoms with Gasteiger partial charge in [-0.3, -0.25) is 0 Å². The van der Waals surface area contributed by atoms with Gasteiger partial charge in [0.15, 0.2) is 0 Å². The molecule has 0 aliphatic carbocycles. The van der Waals surface area contributed by atoms with Gasteiger partial charge < -0.3 is 25.3 Å². The summed E-state index contributed by atoms with van der Waals surface area (Å²) in [5, 5.41) is 20.4. The molecule has 0 amide bonds. The summed E-state index contributed by atoms with van der Waals surface area (Å²) >= 11 is 0. The van der Waals surface area contributed by atoms with Crippen LogP contribution >= 0.6 is 0 Å². The Balaban J connectivity index is 0. The number of carboxylic acid groups (broad SMARTS) is 2. The van der Waals surface area contributed by atoms with Crippen LogP contribution in [0.25, 0.3) is 0 Å². The Morgan fingerprint density at radius 3 is 1.71 bits per heavy atom. The zero-order valence-electron chi connectivity index (χ0n) is 6.69. The van der Waals surface area contributed by atoms with Gasteiger partial charge in [-0.1, -0.05) is 6.07 Å². The molecule has 14 heavy (non-hydrogen) atoms. The van der Waals surface area contributed by atoms with Crippen LogP contribution < -0.4 is 10.2 Å². The molecule has 6 nitrogen and oxygen atoms in total. The topological polar surface area (TPSA) is 126 Å². The molecule has 0 aromatic carbocycles. The summed E-state index contributed by atoms with van der Waals surface area (Å²) in [6.45, 7) is 0. The van der Waals surface area contributed by atoms with E-state index in [1.807, 2.05) is 0 Å². The van der Waals surface area contributed by atoms with Crippen molar-refractivity contribution in [1.82, 2.24) is 4.98 Å². The first-order valence-corrected chi connectivity index (χ1v) is 3.01. The molecule has 0 aliphatic rings. The van der Waals surface area contributed by atoms with E-state index in [0.717, 1.165) is 12.1 Å². The quantitative estimate of drug-likeness (QED) is 0.404. The molecular weight excluding hydrogens is 242 g/mol. The van der Waals surface area contributed by atoms with Crippen molar-refractivity contribution in [1.29, 1.82) is 0 Å². The fraction of sp³-hybridized carbons (Fsp3) is 0. The predicted molar refractivity (Wildman–Crippen MR) is 37.8 cm³/mol. The Morgan fingerprint density at radius 2 is 1.43 bits per heavy atom. The third-order valence-corrected chi connectivity index (χ3v) is 1.17. The molecule has 0 aliphatic heterocycles. The first-order chi connectivity index (χ1) is 5.61. The van der Waals surface area contributed by atoms with E-state index in [9.17, 15) is 19.8 Å². The number of carbonyl (C=O) groups excluding carboxylic acids is 2. The van der Waals surface area contributed by atoms with Gasteiger partial charge in [0.05, 0.1) is 23.3 Å². The van der Waals surface area contributed by atoms with E-state index in [0.29, 0.717) is 0 Å². The number of nitrogens with zero attached hydrogens (tertiary/aromatic N) is 1. The van der Waals surface area contributed by atoms with Gasteiger partial charge in [0, 0.05) is 0 Å². The molecule has 0 bridgehead atoms. The Bertz CT molecular complexity index is 311. The van der Waals surface area contributed by atoms with Crippen LogP contribution in [0.4, 0.5) is 0 Å². The number of carboxylic acids is 2. The summed E-state index contributed by atoms with van der Waals surface area (Å²) in [5.74, 6) is -3.03. The number of hydrogen-bond donors (Lipinski definition) is 0. The minimum atomic E-state index is -1.52. The van der Waals surface area contributed by atoms with Crippen molar-refractivity contribution < 1.29 is 42.3 Å². The van der Waals surface area contributed by atoms with Gasteiger partial charge in [0.1, 0.15) is 0 Å². The zero-order chi connectivity index (χ0) is 9.14. The van der Waals surface area contributed by atoms with E-state index in [2.05, 4.69) is 4.98 Å². The number of pyridine rings is 1. The molecule has 7 heteroatoms. The summed E-state index contributed by atoms with van der Waals surface area (Å²) in [4.78, 5) is 23.6.